The molecule has 1 atom stereocenters. The van der Waals surface area contributed by atoms with Gasteiger partial charge in [-0.1, -0.05) is 6.07 Å². The summed E-state index contributed by atoms with van der Waals surface area (Å²) in [6, 6.07) is 5.15. The summed E-state index contributed by atoms with van der Waals surface area (Å²) in [4.78, 5) is 23.8. The molecule has 1 rings (SSSR count). The summed E-state index contributed by atoms with van der Waals surface area (Å²) in [5.41, 5.74) is 6.34. The molecule has 7 nitrogen and oxygen atoms in total. The number of aryl methyl sites for hydroxylation is 1. The molecule has 0 aliphatic carbocycles. The van der Waals surface area contributed by atoms with E-state index < -0.39 is 11.7 Å². The lowest BCUT2D eigenvalue weighted by atomic mass is 10.1. The molecule has 0 fully saturated rings. The van der Waals surface area contributed by atoms with Gasteiger partial charge in [-0.05, 0) is 52.3 Å². The van der Waals surface area contributed by atoms with E-state index in [1.54, 1.807) is 32.9 Å². The van der Waals surface area contributed by atoms with Crippen molar-refractivity contribution in [1.29, 1.82) is 0 Å². The van der Waals surface area contributed by atoms with Crippen LogP contribution in [-0.4, -0.2) is 37.3 Å². The number of hydrazine groups is 1. The third kappa shape index (κ3) is 6.87. The van der Waals surface area contributed by atoms with Gasteiger partial charge in [0.2, 0.25) is 0 Å². The first-order valence-electron chi connectivity index (χ1n) is 7.79. The quantitative estimate of drug-likeness (QED) is 0.692. The average molecular weight is 337 g/mol. The molecule has 0 saturated carbocycles. The summed E-state index contributed by atoms with van der Waals surface area (Å²) in [5, 5.41) is 2.63. The zero-order valence-electron chi connectivity index (χ0n) is 15.1. The molecule has 0 bridgehead atoms. The summed E-state index contributed by atoms with van der Waals surface area (Å²) in [6.07, 6.45) is -0.498. The molecular weight excluding hydrogens is 310 g/mol. The lowest BCUT2D eigenvalue weighted by Gasteiger charge is -2.21. The topological polar surface area (TPSA) is 88.7 Å². The second-order valence-corrected chi connectivity index (χ2v) is 6.59. The highest BCUT2D eigenvalue weighted by Gasteiger charge is 2.17. The molecule has 1 unspecified atom stereocenters. The van der Waals surface area contributed by atoms with E-state index in [9.17, 15) is 9.59 Å². The summed E-state index contributed by atoms with van der Waals surface area (Å²) in [7, 11) is 1.52. The molecule has 1 aromatic carbocycles. The van der Waals surface area contributed by atoms with E-state index in [0.717, 1.165) is 5.56 Å². The van der Waals surface area contributed by atoms with E-state index in [1.165, 1.54) is 7.11 Å². The maximum absolute atomic E-state index is 12.2. The predicted molar refractivity (Wildman–Crippen MR) is 92.0 cm³/mol. The van der Waals surface area contributed by atoms with Crippen LogP contribution >= 0.6 is 0 Å². The number of amides is 2. The lowest BCUT2D eigenvalue weighted by Crippen LogP contribution is -2.48. The van der Waals surface area contributed by atoms with E-state index in [2.05, 4.69) is 16.2 Å². The third-order valence-electron chi connectivity index (χ3n) is 2.99. The zero-order chi connectivity index (χ0) is 18.3. The molecular formula is C17H27N3O4. The number of carbonyl (C=O) groups excluding carboxylic acids is 2. The van der Waals surface area contributed by atoms with E-state index in [4.69, 9.17) is 9.47 Å². The SMILES string of the molecule is COc1cc(C)ccc1C(=O)NNC(C)CNC(=O)OC(C)(C)C. The normalized spacial score (nSPS) is 12.2. The van der Waals surface area contributed by atoms with E-state index in [1.807, 2.05) is 19.9 Å². The molecule has 7 heteroatoms. The third-order valence-corrected chi connectivity index (χ3v) is 2.99. The highest BCUT2D eigenvalue weighted by molar-refractivity contribution is 5.96. The summed E-state index contributed by atoms with van der Waals surface area (Å²) < 4.78 is 10.4. The fourth-order valence-corrected chi connectivity index (χ4v) is 1.84. The van der Waals surface area contributed by atoms with Crippen LogP contribution in [0.1, 0.15) is 43.6 Å². The fraction of sp³-hybridized carbons (Fsp3) is 0.529. The van der Waals surface area contributed by atoms with E-state index >= 15 is 0 Å². The molecule has 0 aliphatic heterocycles. The molecule has 0 aliphatic rings. The number of nitrogens with one attached hydrogen (secondary N) is 3. The number of carbonyl (C=O) groups is 2. The van der Waals surface area contributed by atoms with Gasteiger partial charge in [-0.2, -0.15) is 0 Å². The van der Waals surface area contributed by atoms with Gasteiger partial charge in [0.15, 0.2) is 0 Å². The molecule has 134 valence electrons. The Labute approximate surface area is 143 Å². The Hall–Kier alpha value is -2.28. The van der Waals surface area contributed by atoms with Crippen LogP contribution < -0.4 is 20.9 Å². The monoisotopic (exact) mass is 337 g/mol. The molecule has 1 aromatic rings. The molecule has 0 saturated heterocycles. The van der Waals surface area contributed by atoms with Crippen molar-refractivity contribution in [2.75, 3.05) is 13.7 Å². The Balaban J connectivity index is 2.45. The Morgan fingerprint density at radius 1 is 1.25 bits per heavy atom. The smallest absolute Gasteiger partial charge is 0.407 e. The number of methoxy groups -OCH3 is 1. The minimum atomic E-state index is -0.545. The van der Waals surface area contributed by atoms with Crippen molar-refractivity contribution in [3.05, 3.63) is 29.3 Å². The van der Waals surface area contributed by atoms with E-state index in [-0.39, 0.29) is 11.9 Å². The second-order valence-electron chi connectivity index (χ2n) is 6.59. The first kappa shape index (κ1) is 19.8. The molecule has 0 spiro atoms. The Morgan fingerprint density at radius 3 is 2.50 bits per heavy atom. The van der Waals surface area contributed by atoms with Crippen LogP contribution in [0.4, 0.5) is 4.79 Å². The Morgan fingerprint density at radius 2 is 1.92 bits per heavy atom. The fourth-order valence-electron chi connectivity index (χ4n) is 1.84. The minimum Gasteiger partial charge on any atom is -0.496 e. The first-order valence-corrected chi connectivity index (χ1v) is 7.79. The number of benzene rings is 1. The maximum Gasteiger partial charge on any atom is 0.407 e. The van der Waals surface area contributed by atoms with Crippen LogP contribution in [0, 0.1) is 6.92 Å². The number of alkyl carbamates (subject to hydrolysis) is 1. The first-order chi connectivity index (χ1) is 11.1. The summed E-state index contributed by atoms with van der Waals surface area (Å²) in [5.74, 6) is 0.199. The standard InChI is InChI=1S/C17H27N3O4/c1-11-7-8-13(14(9-11)23-6)15(21)20-19-12(2)10-18-16(22)24-17(3,4)5/h7-9,12,19H,10H2,1-6H3,(H,18,22)(H,20,21). The largest absolute Gasteiger partial charge is 0.496 e. The van der Waals surface area contributed by atoms with Gasteiger partial charge in [0, 0.05) is 12.6 Å². The summed E-state index contributed by atoms with van der Waals surface area (Å²) >= 11 is 0. The summed E-state index contributed by atoms with van der Waals surface area (Å²) in [6.45, 7) is 9.44. The lowest BCUT2D eigenvalue weighted by molar-refractivity contribution is 0.0523. The second kappa shape index (κ2) is 8.54. The van der Waals surface area contributed by atoms with Crippen molar-refractivity contribution < 1.29 is 19.1 Å². The van der Waals surface area contributed by atoms with Crippen molar-refractivity contribution in [2.24, 2.45) is 0 Å². The van der Waals surface area contributed by atoms with Gasteiger partial charge in [-0.25, -0.2) is 10.2 Å². The van der Waals surface area contributed by atoms with Gasteiger partial charge in [-0.15, -0.1) is 0 Å². The van der Waals surface area contributed by atoms with Crippen molar-refractivity contribution in [2.45, 2.75) is 46.3 Å². The molecule has 0 radical (unpaired) electrons. The molecule has 24 heavy (non-hydrogen) atoms. The highest BCUT2D eigenvalue weighted by Crippen LogP contribution is 2.19. The maximum atomic E-state index is 12.2. The van der Waals surface area contributed by atoms with Crippen LogP contribution in [0.25, 0.3) is 0 Å². The van der Waals surface area contributed by atoms with Gasteiger partial charge >= 0.3 is 6.09 Å². The number of rotatable bonds is 6. The van der Waals surface area contributed by atoms with Crippen molar-refractivity contribution in [1.82, 2.24) is 16.2 Å². The van der Waals surface area contributed by atoms with Gasteiger partial charge in [0.1, 0.15) is 11.4 Å². The molecule has 3 N–H and O–H groups in total. The van der Waals surface area contributed by atoms with Crippen molar-refractivity contribution in [3.63, 3.8) is 0 Å². The van der Waals surface area contributed by atoms with Crippen LogP contribution in [0.2, 0.25) is 0 Å². The molecule has 0 aromatic heterocycles. The van der Waals surface area contributed by atoms with Crippen molar-refractivity contribution in [3.8, 4) is 5.75 Å². The predicted octanol–water partition coefficient (Wildman–Crippen LogP) is 2.15. The average Bonchev–Trinajstić information content (AvgIpc) is 2.48. The van der Waals surface area contributed by atoms with Crippen molar-refractivity contribution >= 4 is 12.0 Å². The minimum absolute atomic E-state index is 0.182. The van der Waals surface area contributed by atoms with Gasteiger partial charge in [0.25, 0.3) is 5.91 Å². The number of hydrogen-bond donors (Lipinski definition) is 3. The molecule has 0 heterocycles. The van der Waals surface area contributed by atoms with Crippen LogP contribution in [0.5, 0.6) is 5.75 Å². The van der Waals surface area contributed by atoms with Crippen LogP contribution in [-0.2, 0) is 4.74 Å². The van der Waals surface area contributed by atoms with Gasteiger partial charge < -0.3 is 14.8 Å². The van der Waals surface area contributed by atoms with Gasteiger partial charge in [0.05, 0.1) is 12.7 Å². The van der Waals surface area contributed by atoms with Gasteiger partial charge in [-0.3, -0.25) is 10.2 Å². The molecule has 2 amide bonds. The highest BCUT2D eigenvalue weighted by atomic mass is 16.6. The number of hydrogen-bond acceptors (Lipinski definition) is 5. The van der Waals surface area contributed by atoms with E-state index in [0.29, 0.717) is 17.9 Å². The zero-order valence-corrected chi connectivity index (χ0v) is 15.1. The van der Waals surface area contributed by atoms with Crippen LogP contribution in [0.3, 0.4) is 0 Å². The van der Waals surface area contributed by atoms with Crippen LogP contribution in [0.15, 0.2) is 18.2 Å². The number of ether oxygens (including phenoxy) is 2. The Bertz CT molecular complexity index is 582. The Kier molecular flexibility index (Phi) is 7.03.